The first kappa shape index (κ1) is 11.9. The normalized spacial score (nSPS) is 10.8. The number of hydrogen-bond acceptors (Lipinski definition) is 2. The summed E-state index contributed by atoms with van der Waals surface area (Å²) in [5.74, 6) is 0.169. The number of rotatable bonds is 1. The molecule has 0 spiro atoms. The van der Waals surface area contributed by atoms with Crippen molar-refractivity contribution < 1.29 is 5.11 Å². The highest BCUT2D eigenvalue weighted by molar-refractivity contribution is 7.71. The maximum Gasteiger partial charge on any atom is 0.158 e. The molecule has 2 aromatic carbocycles. The Kier molecular flexibility index (Phi) is 2.84. The quantitative estimate of drug-likeness (QED) is 0.666. The van der Waals surface area contributed by atoms with E-state index in [0.29, 0.717) is 4.51 Å². The molecule has 0 amide bonds. The van der Waals surface area contributed by atoms with Gasteiger partial charge in [0, 0.05) is 23.5 Å². The number of nitrogens with zero attached hydrogens (tertiary/aromatic N) is 1. The Morgan fingerprint density at radius 3 is 2.32 bits per heavy atom. The Bertz CT molecular complexity index is 806. The summed E-state index contributed by atoms with van der Waals surface area (Å²) < 4.78 is 2.49. The lowest BCUT2D eigenvalue weighted by molar-refractivity contribution is 0.471. The van der Waals surface area contributed by atoms with Crippen LogP contribution in [0.15, 0.2) is 54.6 Å². The lowest BCUT2D eigenvalue weighted by atomic mass is 10.1. The van der Waals surface area contributed by atoms with Crippen molar-refractivity contribution in [3.8, 4) is 17.0 Å². The van der Waals surface area contributed by atoms with Gasteiger partial charge in [0.15, 0.2) is 5.75 Å². The van der Waals surface area contributed by atoms with Gasteiger partial charge in [0.2, 0.25) is 0 Å². The summed E-state index contributed by atoms with van der Waals surface area (Å²) >= 11 is 5.38. The van der Waals surface area contributed by atoms with Crippen molar-refractivity contribution in [2.75, 3.05) is 0 Å². The van der Waals surface area contributed by atoms with Crippen LogP contribution in [0.2, 0.25) is 0 Å². The molecule has 0 unspecified atom stereocenters. The molecule has 0 fully saturated rings. The van der Waals surface area contributed by atoms with E-state index in [1.165, 1.54) is 0 Å². The van der Waals surface area contributed by atoms with Gasteiger partial charge in [-0.3, -0.25) is 0 Å². The Hall–Kier alpha value is -2.13. The fraction of sp³-hybridized carbons (Fsp3) is 0.0625. The molecule has 0 atom stereocenters. The van der Waals surface area contributed by atoms with Crippen molar-refractivity contribution in [2.24, 2.45) is 7.05 Å². The molecule has 94 valence electrons. The third-order valence-corrected chi connectivity index (χ3v) is 3.75. The third kappa shape index (κ3) is 1.83. The summed E-state index contributed by atoms with van der Waals surface area (Å²) in [4.78, 5) is 0. The molecule has 0 radical (unpaired) electrons. The van der Waals surface area contributed by atoms with E-state index in [-0.39, 0.29) is 5.75 Å². The Labute approximate surface area is 116 Å². The van der Waals surface area contributed by atoms with E-state index in [9.17, 15) is 5.11 Å². The largest absolute Gasteiger partial charge is 0.504 e. The van der Waals surface area contributed by atoms with Crippen LogP contribution < -0.4 is 0 Å². The number of pyridine rings is 1. The highest BCUT2D eigenvalue weighted by atomic mass is 32.1. The van der Waals surface area contributed by atoms with Crippen LogP contribution in [-0.2, 0) is 7.05 Å². The number of fused-ring (bicyclic) bond motifs is 1. The molecule has 3 heteroatoms. The predicted molar refractivity (Wildman–Crippen MR) is 80.9 cm³/mol. The van der Waals surface area contributed by atoms with E-state index in [1.807, 2.05) is 66.2 Å². The summed E-state index contributed by atoms with van der Waals surface area (Å²) in [6.07, 6.45) is 0. The summed E-state index contributed by atoms with van der Waals surface area (Å²) in [6, 6.07) is 17.7. The molecule has 1 heterocycles. The lowest BCUT2D eigenvalue weighted by Gasteiger charge is -2.15. The van der Waals surface area contributed by atoms with Gasteiger partial charge in [0.05, 0.1) is 10.2 Å². The first-order valence-electron chi connectivity index (χ1n) is 6.06. The molecule has 0 saturated carbocycles. The van der Waals surface area contributed by atoms with Gasteiger partial charge < -0.3 is 9.67 Å². The highest BCUT2D eigenvalue weighted by Gasteiger charge is 2.12. The SMILES string of the molecule is Cn1c(-c2ccccc2)c(O)c(=S)c2ccccc21. The van der Waals surface area contributed by atoms with Crippen molar-refractivity contribution in [3.63, 3.8) is 0 Å². The number of aromatic hydroxyl groups is 1. The van der Waals surface area contributed by atoms with Crippen molar-refractivity contribution >= 4 is 23.1 Å². The molecule has 2 nitrogen and oxygen atoms in total. The van der Waals surface area contributed by atoms with E-state index in [0.717, 1.165) is 22.2 Å². The number of aromatic nitrogens is 1. The monoisotopic (exact) mass is 267 g/mol. The molecular weight excluding hydrogens is 254 g/mol. The minimum atomic E-state index is 0.169. The number of hydrogen-bond donors (Lipinski definition) is 1. The zero-order valence-corrected chi connectivity index (χ0v) is 11.3. The fourth-order valence-corrected chi connectivity index (χ4v) is 2.67. The van der Waals surface area contributed by atoms with Crippen molar-refractivity contribution in [3.05, 3.63) is 59.1 Å². The van der Waals surface area contributed by atoms with Gasteiger partial charge in [0.25, 0.3) is 0 Å². The molecule has 3 rings (SSSR count). The predicted octanol–water partition coefficient (Wildman–Crippen LogP) is 4.28. The fourth-order valence-electron chi connectivity index (χ4n) is 2.40. The van der Waals surface area contributed by atoms with Crippen LogP contribution in [0.5, 0.6) is 5.75 Å². The summed E-state index contributed by atoms with van der Waals surface area (Å²) in [5, 5.41) is 11.3. The molecule has 0 aliphatic heterocycles. The second-order valence-corrected chi connectivity index (χ2v) is 4.88. The maximum atomic E-state index is 10.4. The van der Waals surface area contributed by atoms with Crippen molar-refractivity contribution in [1.29, 1.82) is 0 Å². The molecule has 1 aromatic heterocycles. The Morgan fingerprint density at radius 1 is 0.947 bits per heavy atom. The van der Waals surface area contributed by atoms with Crippen LogP contribution in [0, 0.1) is 4.51 Å². The standard InChI is InChI=1S/C16H13NOS/c1-17-13-10-6-5-9-12(13)16(19)15(18)14(17)11-7-3-2-4-8-11/h2-10,18H,1H3. The van der Waals surface area contributed by atoms with Gasteiger partial charge >= 0.3 is 0 Å². The molecule has 0 aliphatic rings. The van der Waals surface area contributed by atoms with Crippen LogP contribution in [-0.4, -0.2) is 9.67 Å². The average Bonchev–Trinajstić information content (AvgIpc) is 2.46. The van der Waals surface area contributed by atoms with Gasteiger partial charge in [-0.05, 0) is 6.07 Å². The Morgan fingerprint density at radius 2 is 1.58 bits per heavy atom. The van der Waals surface area contributed by atoms with E-state index in [4.69, 9.17) is 12.2 Å². The van der Waals surface area contributed by atoms with Crippen LogP contribution in [0.3, 0.4) is 0 Å². The number of benzene rings is 2. The summed E-state index contributed by atoms with van der Waals surface area (Å²) in [5.41, 5.74) is 2.73. The van der Waals surface area contributed by atoms with E-state index in [2.05, 4.69) is 0 Å². The second kappa shape index (κ2) is 4.52. The van der Waals surface area contributed by atoms with Crippen molar-refractivity contribution in [2.45, 2.75) is 0 Å². The zero-order chi connectivity index (χ0) is 13.4. The molecule has 19 heavy (non-hydrogen) atoms. The molecule has 1 N–H and O–H groups in total. The number of para-hydroxylation sites is 1. The summed E-state index contributed by atoms with van der Waals surface area (Å²) in [6.45, 7) is 0. The first-order chi connectivity index (χ1) is 9.20. The lowest BCUT2D eigenvalue weighted by Crippen LogP contribution is -1.99. The Balaban J connectivity index is 2.48. The molecule has 0 bridgehead atoms. The average molecular weight is 267 g/mol. The van der Waals surface area contributed by atoms with Crippen LogP contribution in [0.25, 0.3) is 22.2 Å². The topological polar surface area (TPSA) is 25.2 Å². The van der Waals surface area contributed by atoms with Crippen LogP contribution in [0.1, 0.15) is 0 Å². The van der Waals surface area contributed by atoms with E-state index in [1.54, 1.807) is 0 Å². The van der Waals surface area contributed by atoms with Gasteiger partial charge in [-0.1, -0.05) is 60.7 Å². The molecule has 0 saturated heterocycles. The number of aryl methyl sites for hydroxylation is 1. The third-order valence-electron chi connectivity index (χ3n) is 3.33. The molecule has 0 aliphatic carbocycles. The van der Waals surface area contributed by atoms with Crippen LogP contribution >= 0.6 is 12.2 Å². The summed E-state index contributed by atoms with van der Waals surface area (Å²) in [7, 11) is 1.94. The van der Waals surface area contributed by atoms with E-state index >= 15 is 0 Å². The van der Waals surface area contributed by atoms with Gasteiger partial charge in [0.1, 0.15) is 0 Å². The second-order valence-electron chi connectivity index (χ2n) is 4.47. The smallest absolute Gasteiger partial charge is 0.158 e. The minimum Gasteiger partial charge on any atom is -0.504 e. The van der Waals surface area contributed by atoms with Gasteiger partial charge in [-0.2, -0.15) is 0 Å². The highest BCUT2D eigenvalue weighted by Crippen LogP contribution is 2.34. The minimum absolute atomic E-state index is 0.169. The zero-order valence-electron chi connectivity index (χ0n) is 10.5. The van der Waals surface area contributed by atoms with Gasteiger partial charge in [-0.25, -0.2) is 0 Å². The first-order valence-corrected chi connectivity index (χ1v) is 6.47. The molecule has 3 aromatic rings. The molecular formula is C16H13NOS. The maximum absolute atomic E-state index is 10.4. The van der Waals surface area contributed by atoms with Crippen LogP contribution in [0.4, 0.5) is 0 Å². The van der Waals surface area contributed by atoms with Crippen molar-refractivity contribution in [1.82, 2.24) is 4.57 Å². The van der Waals surface area contributed by atoms with Gasteiger partial charge in [-0.15, -0.1) is 0 Å². The van der Waals surface area contributed by atoms with E-state index < -0.39 is 0 Å².